The van der Waals surface area contributed by atoms with Crippen molar-refractivity contribution in [2.24, 2.45) is 0 Å². The lowest BCUT2D eigenvalue weighted by molar-refractivity contribution is -0.0872. The maximum atomic E-state index is 13.4. The molecule has 0 amide bonds. The van der Waals surface area contributed by atoms with Crippen LogP contribution in [-0.4, -0.2) is 55.7 Å². The second-order valence-electron chi connectivity index (χ2n) is 5.58. The average Bonchev–Trinajstić information content (AvgIpc) is 2.47. The van der Waals surface area contributed by atoms with Gasteiger partial charge in [0.05, 0.1) is 18.3 Å². The summed E-state index contributed by atoms with van der Waals surface area (Å²) in [6.45, 7) is 4.63. The molecule has 2 heterocycles. The number of ether oxygens (including phenoxy) is 1. The summed E-state index contributed by atoms with van der Waals surface area (Å²) < 4.78 is 19.3. The van der Waals surface area contributed by atoms with Crippen molar-refractivity contribution >= 4 is 0 Å². The fourth-order valence-corrected chi connectivity index (χ4v) is 2.97. The van der Waals surface area contributed by atoms with Crippen LogP contribution in [0.25, 0.3) is 0 Å². The highest BCUT2D eigenvalue weighted by molar-refractivity contribution is 5.35. The van der Waals surface area contributed by atoms with Crippen LogP contribution in [0, 0.1) is 17.1 Å². The third-order valence-corrected chi connectivity index (χ3v) is 4.18. The molecule has 1 aromatic carbocycles. The molecule has 0 bridgehead atoms. The van der Waals surface area contributed by atoms with E-state index in [-0.39, 0.29) is 11.7 Å². The molecule has 2 saturated heterocycles. The minimum atomic E-state index is -0.468. The van der Waals surface area contributed by atoms with Crippen LogP contribution in [0.3, 0.4) is 0 Å². The summed E-state index contributed by atoms with van der Waals surface area (Å²) in [7, 11) is 2.13. The number of fused-ring (bicyclic) bond motifs is 1. The van der Waals surface area contributed by atoms with E-state index < -0.39 is 5.82 Å². The van der Waals surface area contributed by atoms with Crippen molar-refractivity contribution in [3.63, 3.8) is 0 Å². The molecule has 2 atom stereocenters. The molecule has 0 saturated carbocycles. The van der Waals surface area contributed by atoms with Gasteiger partial charge in [0.2, 0.25) is 0 Å². The molecule has 0 spiro atoms. The number of nitrogens with zero attached hydrogens (tertiary/aromatic N) is 3. The topological polar surface area (TPSA) is 39.5 Å². The molecule has 2 aliphatic rings. The van der Waals surface area contributed by atoms with Crippen molar-refractivity contribution in [1.29, 1.82) is 5.26 Å². The Kier molecular flexibility index (Phi) is 3.70. The number of halogens is 1. The normalized spacial score (nSPS) is 27.9. The summed E-state index contributed by atoms with van der Waals surface area (Å²) in [5.74, 6) is -0.468. The Labute approximate surface area is 118 Å². The lowest BCUT2D eigenvalue weighted by Crippen LogP contribution is -2.57. The third kappa shape index (κ3) is 2.55. The zero-order valence-electron chi connectivity index (χ0n) is 11.6. The number of morpholine rings is 1. The van der Waals surface area contributed by atoms with Crippen LogP contribution in [0.15, 0.2) is 18.2 Å². The van der Waals surface area contributed by atoms with Gasteiger partial charge in [-0.05, 0) is 24.7 Å². The van der Waals surface area contributed by atoms with E-state index in [1.54, 1.807) is 12.1 Å². The third-order valence-electron chi connectivity index (χ3n) is 4.18. The predicted molar refractivity (Wildman–Crippen MR) is 72.7 cm³/mol. The number of benzene rings is 1. The van der Waals surface area contributed by atoms with Gasteiger partial charge >= 0.3 is 0 Å². The summed E-state index contributed by atoms with van der Waals surface area (Å²) in [6.07, 6.45) is -0.0673. The lowest BCUT2D eigenvalue weighted by atomic mass is 10.0. The van der Waals surface area contributed by atoms with Crippen LogP contribution in [-0.2, 0) is 4.74 Å². The van der Waals surface area contributed by atoms with Crippen molar-refractivity contribution < 1.29 is 9.13 Å². The van der Waals surface area contributed by atoms with E-state index in [4.69, 9.17) is 10.00 Å². The van der Waals surface area contributed by atoms with Crippen molar-refractivity contribution in [2.75, 3.05) is 39.8 Å². The van der Waals surface area contributed by atoms with Crippen molar-refractivity contribution in [2.45, 2.75) is 12.1 Å². The zero-order valence-corrected chi connectivity index (χ0v) is 11.6. The number of hydrogen-bond donors (Lipinski definition) is 0. The Hall–Kier alpha value is -1.48. The summed E-state index contributed by atoms with van der Waals surface area (Å²) in [6, 6.07) is 7.01. The van der Waals surface area contributed by atoms with Crippen molar-refractivity contribution in [1.82, 2.24) is 9.80 Å². The largest absolute Gasteiger partial charge is 0.371 e. The Morgan fingerprint density at radius 1 is 1.35 bits per heavy atom. The maximum Gasteiger partial charge on any atom is 0.140 e. The highest BCUT2D eigenvalue weighted by Crippen LogP contribution is 2.27. The van der Waals surface area contributed by atoms with Crippen LogP contribution in [0.5, 0.6) is 0 Å². The van der Waals surface area contributed by atoms with Gasteiger partial charge < -0.3 is 9.64 Å². The smallest absolute Gasteiger partial charge is 0.140 e. The first-order valence-electron chi connectivity index (χ1n) is 6.91. The molecule has 20 heavy (non-hydrogen) atoms. The average molecular weight is 275 g/mol. The number of rotatable bonds is 1. The SMILES string of the molecule is CN1CCN2CC(c3ccc(F)c(C#N)c3)OCC2C1. The molecule has 3 rings (SSSR count). The number of likely N-dealkylation sites (N-methyl/N-ethyl adjacent to an activating group) is 1. The number of hydrogen-bond acceptors (Lipinski definition) is 4. The molecule has 0 aromatic heterocycles. The Balaban J connectivity index is 1.75. The van der Waals surface area contributed by atoms with E-state index in [1.165, 1.54) is 6.07 Å². The summed E-state index contributed by atoms with van der Waals surface area (Å²) in [5, 5.41) is 8.91. The first kappa shape index (κ1) is 13.5. The predicted octanol–water partition coefficient (Wildman–Crippen LogP) is 1.38. The van der Waals surface area contributed by atoms with Gasteiger partial charge in [0.1, 0.15) is 11.9 Å². The first-order chi connectivity index (χ1) is 9.67. The second-order valence-corrected chi connectivity index (χ2v) is 5.58. The fourth-order valence-electron chi connectivity index (χ4n) is 2.97. The van der Waals surface area contributed by atoms with Gasteiger partial charge in [-0.1, -0.05) is 6.07 Å². The van der Waals surface area contributed by atoms with E-state index >= 15 is 0 Å². The van der Waals surface area contributed by atoms with Gasteiger partial charge in [0, 0.05) is 32.2 Å². The van der Waals surface area contributed by atoms with Gasteiger partial charge in [0.25, 0.3) is 0 Å². The zero-order chi connectivity index (χ0) is 14.1. The van der Waals surface area contributed by atoms with E-state index in [2.05, 4.69) is 16.8 Å². The Morgan fingerprint density at radius 2 is 2.20 bits per heavy atom. The molecular formula is C15H18FN3O. The monoisotopic (exact) mass is 275 g/mol. The van der Waals surface area contributed by atoms with Crippen LogP contribution in [0.2, 0.25) is 0 Å². The van der Waals surface area contributed by atoms with E-state index in [1.807, 2.05) is 6.07 Å². The number of piperazine rings is 1. The first-order valence-corrected chi connectivity index (χ1v) is 6.91. The standard InChI is InChI=1S/C15H18FN3O/c1-18-4-5-19-9-15(20-10-13(19)8-18)11-2-3-14(16)12(6-11)7-17/h2-3,6,13,15H,4-5,8-10H2,1H3. The lowest BCUT2D eigenvalue weighted by Gasteiger charge is -2.45. The molecule has 2 fully saturated rings. The Bertz CT molecular complexity index is 542. The highest BCUT2D eigenvalue weighted by Gasteiger charge is 2.33. The van der Waals surface area contributed by atoms with Crippen LogP contribution in [0.1, 0.15) is 17.2 Å². The molecule has 2 aliphatic heterocycles. The van der Waals surface area contributed by atoms with E-state index in [0.717, 1.165) is 31.7 Å². The van der Waals surface area contributed by atoms with Crippen LogP contribution < -0.4 is 0 Å². The maximum absolute atomic E-state index is 13.4. The molecule has 5 heteroatoms. The molecule has 0 radical (unpaired) electrons. The molecule has 4 nitrogen and oxygen atoms in total. The molecule has 0 N–H and O–H groups in total. The van der Waals surface area contributed by atoms with Crippen molar-refractivity contribution in [3.05, 3.63) is 35.1 Å². The molecule has 0 aliphatic carbocycles. The molecule has 106 valence electrons. The van der Waals surface area contributed by atoms with Gasteiger partial charge in [-0.3, -0.25) is 4.90 Å². The van der Waals surface area contributed by atoms with Gasteiger partial charge in [-0.2, -0.15) is 5.26 Å². The Morgan fingerprint density at radius 3 is 3.00 bits per heavy atom. The molecule has 2 unspecified atom stereocenters. The highest BCUT2D eigenvalue weighted by atomic mass is 19.1. The van der Waals surface area contributed by atoms with Gasteiger partial charge in [0.15, 0.2) is 0 Å². The second kappa shape index (κ2) is 5.49. The summed E-state index contributed by atoms with van der Waals surface area (Å²) in [4.78, 5) is 4.75. The number of nitriles is 1. The van der Waals surface area contributed by atoms with Crippen LogP contribution >= 0.6 is 0 Å². The van der Waals surface area contributed by atoms with Gasteiger partial charge in [-0.25, -0.2) is 4.39 Å². The van der Waals surface area contributed by atoms with Gasteiger partial charge in [-0.15, -0.1) is 0 Å². The molecular weight excluding hydrogens is 257 g/mol. The summed E-state index contributed by atoms with van der Waals surface area (Å²) >= 11 is 0. The minimum Gasteiger partial charge on any atom is -0.371 e. The van der Waals surface area contributed by atoms with E-state index in [9.17, 15) is 4.39 Å². The van der Waals surface area contributed by atoms with E-state index in [0.29, 0.717) is 12.6 Å². The van der Waals surface area contributed by atoms with Crippen molar-refractivity contribution in [3.8, 4) is 6.07 Å². The quantitative estimate of drug-likeness (QED) is 0.776. The minimum absolute atomic E-state index is 0.0673. The molecule has 1 aromatic rings. The summed E-state index contributed by atoms with van der Waals surface area (Å²) in [5.41, 5.74) is 0.979. The fraction of sp³-hybridized carbons (Fsp3) is 0.533. The van der Waals surface area contributed by atoms with Crippen LogP contribution in [0.4, 0.5) is 4.39 Å².